The third-order valence-corrected chi connectivity index (χ3v) is 5.08. The lowest BCUT2D eigenvalue weighted by atomic mass is 9.99. The topological polar surface area (TPSA) is 76.3 Å². The fourth-order valence-corrected chi connectivity index (χ4v) is 3.22. The zero-order valence-electron chi connectivity index (χ0n) is 17.1. The maximum Gasteiger partial charge on any atom is 0.226 e. The summed E-state index contributed by atoms with van der Waals surface area (Å²) in [5, 5.41) is 0. The van der Waals surface area contributed by atoms with Gasteiger partial charge in [0.1, 0.15) is 11.6 Å². The number of anilines is 2. The van der Waals surface area contributed by atoms with Gasteiger partial charge in [0.05, 0.1) is 0 Å². The highest BCUT2D eigenvalue weighted by molar-refractivity contribution is 5.97. The second kappa shape index (κ2) is 9.31. The van der Waals surface area contributed by atoms with Crippen LogP contribution in [0.1, 0.15) is 35.7 Å². The highest BCUT2D eigenvalue weighted by atomic mass is 19.1. The number of hydrogen-bond donors (Lipinski definition) is 1. The summed E-state index contributed by atoms with van der Waals surface area (Å²) in [6.45, 7) is 1.80. The maximum absolute atomic E-state index is 14.7. The van der Waals surface area contributed by atoms with Gasteiger partial charge in [0.15, 0.2) is 5.78 Å². The number of nitrogen functional groups attached to an aromatic ring is 1. The first-order valence-electron chi connectivity index (χ1n) is 9.79. The number of pyridine rings is 1. The summed E-state index contributed by atoms with van der Waals surface area (Å²) in [6.07, 6.45) is 2.69. The lowest BCUT2D eigenvalue weighted by Crippen LogP contribution is -2.24. The molecule has 0 spiro atoms. The van der Waals surface area contributed by atoms with E-state index in [2.05, 4.69) is 4.98 Å². The van der Waals surface area contributed by atoms with Gasteiger partial charge < -0.3 is 10.6 Å². The number of nitrogens with zero attached hydrogens (tertiary/aromatic N) is 2. The molecular formula is C24H24FN3O2. The van der Waals surface area contributed by atoms with Crippen LogP contribution in [0.15, 0.2) is 60.8 Å². The van der Waals surface area contributed by atoms with Crippen molar-refractivity contribution in [3.8, 4) is 11.1 Å². The second-order valence-corrected chi connectivity index (χ2v) is 7.02. The SMILES string of the molecule is CCC(=O)N(C)c1ccc(-c2ccc(C(=O)CCc3cccnc3N)cc2F)cc1. The quantitative estimate of drug-likeness (QED) is 0.580. The second-order valence-electron chi connectivity index (χ2n) is 7.02. The van der Waals surface area contributed by atoms with E-state index in [9.17, 15) is 14.0 Å². The Hall–Kier alpha value is -3.54. The van der Waals surface area contributed by atoms with Crippen molar-refractivity contribution in [2.45, 2.75) is 26.2 Å². The number of carbonyl (C=O) groups is 2. The molecule has 3 aromatic rings. The largest absolute Gasteiger partial charge is 0.383 e. The van der Waals surface area contributed by atoms with Gasteiger partial charge in [0, 0.05) is 42.9 Å². The normalized spacial score (nSPS) is 10.6. The molecule has 154 valence electrons. The van der Waals surface area contributed by atoms with Crippen LogP contribution in [-0.4, -0.2) is 23.7 Å². The minimum atomic E-state index is -0.465. The van der Waals surface area contributed by atoms with E-state index in [1.54, 1.807) is 67.5 Å². The Balaban J connectivity index is 1.72. The van der Waals surface area contributed by atoms with E-state index in [1.165, 1.54) is 6.07 Å². The fraction of sp³-hybridized carbons (Fsp3) is 0.208. The van der Waals surface area contributed by atoms with Crippen LogP contribution in [0.2, 0.25) is 0 Å². The third kappa shape index (κ3) is 4.71. The third-order valence-electron chi connectivity index (χ3n) is 5.08. The summed E-state index contributed by atoms with van der Waals surface area (Å²) in [5.74, 6) is -0.211. The van der Waals surface area contributed by atoms with Gasteiger partial charge in [0.2, 0.25) is 5.91 Å². The Morgan fingerprint density at radius 3 is 2.47 bits per heavy atom. The number of benzene rings is 2. The van der Waals surface area contributed by atoms with Gasteiger partial charge >= 0.3 is 0 Å². The van der Waals surface area contributed by atoms with E-state index >= 15 is 0 Å². The van der Waals surface area contributed by atoms with E-state index in [0.29, 0.717) is 35.3 Å². The van der Waals surface area contributed by atoms with Crippen molar-refractivity contribution in [3.05, 3.63) is 77.7 Å². The highest BCUT2D eigenvalue weighted by Crippen LogP contribution is 2.27. The number of ketones is 1. The molecule has 0 aliphatic heterocycles. The van der Waals surface area contributed by atoms with Crippen molar-refractivity contribution in [1.29, 1.82) is 0 Å². The summed E-state index contributed by atoms with van der Waals surface area (Å²) in [4.78, 5) is 29.9. The van der Waals surface area contributed by atoms with Crippen molar-refractivity contribution in [1.82, 2.24) is 4.98 Å². The molecule has 3 rings (SSSR count). The van der Waals surface area contributed by atoms with Gasteiger partial charge in [-0.3, -0.25) is 9.59 Å². The zero-order chi connectivity index (χ0) is 21.7. The molecule has 2 aromatic carbocycles. The molecule has 0 aliphatic rings. The van der Waals surface area contributed by atoms with Gasteiger partial charge in [0.25, 0.3) is 0 Å². The Labute approximate surface area is 175 Å². The number of amides is 1. The Kier molecular flexibility index (Phi) is 6.57. The number of rotatable bonds is 7. The molecule has 5 nitrogen and oxygen atoms in total. The number of carbonyl (C=O) groups excluding carboxylic acids is 2. The van der Waals surface area contributed by atoms with E-state index in [0.717, 1.165) is 11.3 Å². The van der Waals surface area contributed by atoms with Crippen molar-refractivity contribution in [3.63, 3.8) is 0 Å². The summed E-state index contributed by atoms with van der Waals surface area (Å²) in [5.41, 5.74) is 8.75. The lowest BCUT2D eigenvalue weighted by Gasteiger charge is -2.17. The smallest absolute Gasteiger partial charge is 0.226 e. The Morgan fingerprint density at radius 2 is 1.83 bits per heavy atom. The molecule has 0 atom stereocenters. The lowest BCUT2D eigenvalue weighted by molar-refractivity contribution is -0.118. The molecule has 1 amide bonds. The number of nitrogens with two attached hydrogens (primary N) is 1. The van der Waals surface area contributed by atoms with Gasteiger partial charge in [-0.1, -0.05) is 37.3 Å². The molecule has 0 bridgehead atoms. The molecule has 30 heavy (non-hydrogen) atoms. The van der Waals surface area contributed by atoms with Gasteiger partial charge in [-0.25, -0.2) is 9.37 Å². The van der Waals surface area contributed by atoms with E-state index < -0.39 is 5.82 Å². The van der Waals surface area contributed by atoms with E-state index in [-0.39, 0.29) is 18.1 Å². The van der Waals surface area contributed by atoms with Crippen LogP contribution in [0, 0.1) is 5.82 Å². The predicted molar refractivity (Wildman–Crippen MR) is 117 cm³/mol. The van der Waals surface area contributed by atoms with Crippen LogP contribution in [0.25, 0.3) is 11.1 Å². The van der Waals surface area contributed by atoms with E-state index in [1.807, 2.05) is 6.07 Å². The number of halogens is 1. The first kappa shape index (κ1) is 21.2. The molecule has 0 saturated heterocycles. The van der Waals surface area contributed by atoms with Crippen molar-refractivity contribution >= 4 is 23.2 Å². The summed E-state index contributed by atoms with van der Waals surface area (Å²) in [6, 6.07) is 15.2. The monoisotopic (exact) mass is 405 g/mol. The van der Waals surface area contributed by atoms with Crippen molar-refractivity contribution in [2.75, 3.05) is 17.7 Å². The Morgan fingerprint density at radius 1 is 1.10 bits per heavy atom. The Bertz CT molecular complexity index is 1060. The molecule has 0 aliphatic carbocycles. The van der Waals surface area contributed by atoms with Crippen LogP contribution < -0.4 is 10.6 Å². The number of aryl methyl sites for hydroxylation is 1. The summed E-state index contributed by atoms with van der Waals surface area (Å²) < 4.78 is 14.7. The summed E-state index contributed by atoms with van der Waals surface area (Å²) in [7, 11) is 1.71. The average molecular weight is 405 g/mol. The number of Topliss-reactive ketones (excluding diaryl/α,β-unsaturated/α-hetero) is 1. The van der Waals surface area contributed by atoms with Gasteiger partial charge in [-0.15, -0.1) is 0 Å². The fourth-order valence-electron chi connectivity index (χ4n) is 3.22. The van der Waals surface area contributed by atoms with Crippen molar-refractivity contribution in [2.24, 2.45) is 0 Å². The van der Waals surface area contributed by atoms with Gasteiger partial charge in [-0.2, -0.15) is 0 Å². The van der Waals surface area contributed by atoms with Gasteiger partial charge in [-0.05, 0) is 41.8 Å². The molecule has 0 fully saturated rings. The first-order chi connectivity index (χ1) is 14.4. The predicted octanol–water partition coefficient (Wildman–Crippen LogP) is 4.66. The number of aromatic nitrogens is 1. The maximum atomic E-state index is 14.7. The van der Waals surface area contributed by atoms with Crippen LogP contribution in [-0.2, 0) is 11.2 Å². The highest BCUT2D eigenvalue weighted by Gasteiger charge is 2.13. The molecule has 0 saturated carbocycles. The molecule has 6 heteroatoms. The summed E-state index contributed by atoms with van der Waals surface area (Å²) >= 11 is 0. The molecule has 0 unspecified atom stereocenters. The van der Waals surface area contributed by atoms with Crippen LogP contribution in [0.3, 0.4) is 0 Å². The molecule has 2 N–H and O–H groups in total. The zero-order valence-corrected chi connectivity index (χ0v) is 17.1. The minimum absolute atomic E-state index is 0.00448. The first-order valence-corrected chi connectivity index (χ1v) is 9.79. The molecule has 1 aromatic heterocycles. The molecule has 1 heterocycles. The van der Waals surface area contributed by atoms with Crippen molar-refractivity contribution < 1.29 is 14.0 Å². The molecule has 0 radical (unpaired) electrons. The van der Waals surface area contributed by atoms with Crippen LogP contribution >= 0.6 is 0 Å². The number of hydrogen-bond acceptors (Lipinski definition) is 4. The standard InChI is InChI=1S/C24H24FN3O2/c1-3-23(30)28(2)19-10-6-16(7-11-19)20-12-8-18(15-21(20)25)22(29)13-9-17-5-4-14-27-24(17)26/h4-8,10-12,14-15H,3,9,13H2,1-2H3,(H2,26,27). The van der Waals surface area contributed by atoms with E-state index in [4.69, 9.17) is 5.73 Å². The average Bonchev–Trinajstić information content (AvgIpc) is 2.77. The minimum Gasteiger partial charge on any atom is -0.383 e. The van der Waals surface area contributed by atoms with Crippen LogP contribution in [0.4, 0.5) is 15.9 Å². The van der Waals surface area contributed by atoms with Crippen LogP contribution in [0.5, 0.6) is 0 Å². The molecular weight excluding hydrogens is 381 g/mol.